The number of hydrogen-bond acceptors (Lipinski definition) is 2. The summed E-state index contributed by atoms with van der Waals surface area (Å²) in [6, 6.07) is 5.79. The summed E-state index contributed by atoms with van der Waals surface area (Å²) in [6.45, 7) is 2.01. The smallest absolute Gasteiger partial charge is 0.137 e. The van der Waals surface area contributed by atoms with Crippen LogP contribution in [0, 0.1) is 6.92 Å². The second-order valence-electron chi connectivity index (χ2n) is 2.75. The van der Waals surface area contributed by atoms with Gasteiger partial charge in [-0.2, -0.15) is 0 Å². The van der Waals surface area contributed by atoms with Gasteiger partial charge in [0.2, 0.25) is 0 Å². The van der Waals surface area contributed by atoms with Crippen molar-refractivity contribution in [2.45, 2.75) is 6.92 Å². The Bertz CT molecular complexity index is 401. The molecule has 2 aromatic rings. The van der Waals surface area contributed by atoms with Crippen LogP contribution in [-0.4, -0.2) is 7.11 Å². The fourth-order valence-corrected chi connectivity index (χ4v) is 1.38. The van der Waals surface area contributed by atoms with E-state index in [0.29, 0.717) is 0 Å². The van der Waals surface area contributed by atoms with E-state index in [9.17, 15) is 0 Å². The Morgan fingerprint density at radius 1 is 1.33 bits per heavy atom. The van der Waals surface area contributed by atoms with E-state index in [1.807, 2.05) is 25.1 Å². The Balaban J connectivity index is 2.84. The minimum Gasteiger partial charge on any atom is -0.496 e. The second-order valence-corrected chi connectivity index (χ2v) is 2.75. The van der Waals surface area contributed by atoms with Gasteiger partial charge in [-0.25, -0.2) is 0 Å². The van der Waals surface area contributed by atoms with Crippen molar-refractivity contribution in [1.29, 1.82) is 0 Å². The SMILES string of the molecule is COc1cccc2occ(C)c12. The van der Waals surface area contributed by atoms with Gasteiger partial charge in [0.1, 0.15) is 11.3 Å². The van der Waals surface area contributed by atoms with Gasteiger partial charge >= 0.3 is 0 Å². The topological polar surface area (TPSA) is 22.4 Å². The Labute approximate surface area is 70.8 Å². The highest BCUT2D eigenvalue weighted by Crippen LogP contribution is 2.29. The monoisotopic (exact) mass is 162 g/mol. The van der Waals surface area contributed by atoms with Crippen molar-refractivity contribution in [2.75, 3.05) is 7.11 Å². The van der Waals surface area contributed by atoms with Crippen molar-refractivity contribution in [3.05, 3.63) is 30.0 Å². The molecule has 0 saturated heterocycles. The third-order valence-electron chi connectivity index (χ3n) is 1.96. The standard InChI is InChI=1S/C10H10O2/c1-7-6-12-9-5-3-4-8(11-2)10(7)9/h3-6H,1-2H3. The fraction of sp³-hybridized carbons (Fsp3) is 0.200. The lowest BCUT2D eigenvalue weighted by Gasteiger charge is -2.00. The molecular weight excluding hydrogens is 152 g/mol. The number of furan rings is 1. The number of benzene rings is 1. The molecule has 0 aliphatic carbocycles. The van der Waals surface area contributed by atoms with Crippen molar-refractivity contribution < 1.29 is 9.15 Å². The Kier molecular flexibility index (Phi) is 1.54. The zero-order chi connectivity index (χ0) is 8.55. The summed E-state index contributed by atoms with van der Waals surface area (Å²) in [5.74, 6) is 0.874. The molecule has 0 bridgehead atoms. The molecule has 12 heavy (non-hydrogen) atoms. The number of methoxy groups -OCH3 is 1. The minimum absolute atomic E-state index is 0.874. The number of hydrogen-bond donors (Lipinski definition) is 0. The van der Waals surface area contributed by atoms with Crippen molar-refractivity contribution >= 4 is 11.0 Å². The van der Waals surface area contributed by atoms with Gasteiger partial charge in [-0.1, -0.05) is 6.07 Å². The molecule has 1 heterocycles. The van der Waals surface area contributed by atoms with E-state index in [1.54, 1.807) is 13.4 Å². The average molecular weight is 162 g/mol. The van der Waals surface area contributed by atoms with Crippen LogP contribution in [0.25, 0.3) is 11.0 Å². The lowest BCUT2D eigenvalue weighted by Crippen LogP contribution is -1.82. The van der Waals surface area contributed by atoms with E-state index < -0.39 is 0 Å². The normalized spacial score (nSPS) is 10.5. The van der Waals surface area contributed by atoms with Crippen LogP contribution in [0.3, 0.4) is 0 Å². The summed E-state index contributed by atoms with van der Waals surface area (Å²) >= 11 is 0. The molecule has 0 fully saturated rings. The molecule has 62 valence electrons. The first-order valence-corrected chi connectivity index (χ1v) is 3.83. The second kappa shape index (κ2) is 2.55. The van der Waals surface area contributed by atoms with E-state index in [-0.39, 0.29) is 0 Å². The van der Waals surface area contributed by atoms with Crippen LogP contribution in [-0.2, 0) is 0 Å². The molecule has 2 heteroatoms. The van der Waals surface area contributed by atoms with Gasteiger partial charge in [0.05, 0.1) is 18.8 Å². The predicted molar refractivity (Wildman–Crippen MR) is 47.5 cm³/mol. The maximum Gasteiger partial charge on any atom is 0.137 e. The predicted octanol–water partition coefficient (Wildman–Crippen LogP) is 2.75. The minimum atomic E-state index is 0.874. The van der Waals surface area contributed by atoms with E-state index >= 15 is 0 Å². The number of ether oxygens (including phenoxy) is 1. The maximum atomic E-state index is 5.31. The number of fused-ring (bicyclic) bond motifs is 1. The zero-order valence-electron chi connectivity index (χ0n) is 7.13. The Morgan fingerprint density at radius 3 is 2.92 bits per heavy atom. The number of aryl methyl sites for hydroxylation is 1. The molecule has 1 aromatic heterocycles. The van der Waals surface area contributed by atoms with Crippen molar-refractivity contribution in [3.63, 3.8) is 0 Å². The highest BCUT2D eigenvalue weighted by Gasteiger charge is 2.06. The van der Waals surface area contributed by atoms with Crippen LogP contribution in [0.1, 0.15) is 5.56 Å². The van der Waals surface area contributed by atoms with Gasteiger partial charge < -0.3 is 9.15 Å². The molecule has 0 spiro atoms. The molecule has 2 nitrogen and oxygen atoms in total. The van der Waals surface area contributed by atoms with Crippen LogP contribution < -0.4 is 4.74 Å². The van der Waals surface area contributed by atoms with Crippen LogP contribution in [0.4, 0.5) is 0 Å². The fourth-order valence-electron chi connectivity index (χ4n) is 1.38. The molecule has 0 N–H and O–H groups in total. The number of rotatable bonds is 1. The molecule has 1 aromatic carbocycles. The van der Waals surface area contributed by atoms with E-state index in [4.69, 9.17) is 9.15 Å². The van der Waals surface area contributed by atoms with Gasteiger partial charge in [0.15, 0.2) is 0 Å². The lowest BCUT2D eigenvalue weighted by atomic mass is 10.2. The maximum absolute atomic E-state index is 5.31. The molecule has 0 atom stereocenters. The first kappa shape index (κ1) is 7.22. The molecule has 0 unspecified atom stereocenters. The molecule has 0 aliphatic heterocycles. The molecule has 0 saturated carbocycles. The van der Waals surface area contributed by atoms with Gasteiger partial charge in [0.25, 0.3) is 0 Å². The molecular formula is C10H10O2. The summed E-state index contributed by atoms with van der Waals surface area (Å²) in [6.07, 6.45) is 1.74. The van der Waals surface area contributed by atoms with Crippen LogP contribution >= 0.6 is 0 Å². The lowest BCUT2D eigenvalue weighted by molar-refractivity contribution is 0.419. The van der Waals surface area contributed by atoms with Crippen molar-refractivity contribution in [2.24, 2.45) is 0 Å². The summed E-state index contributed by atoms with van der Waals surface area (Å²) in [7, 11) is 1.67. The third kappa shape index (κ3) is 0.881. The first-order chi connectivity index (χ1) is 5.83. The van der Waals surface area contributed by atoms with Crippen molar-refractivity contribution in [3.8, 4) is 5.75 Å². The molecule has 0 aliphatic rings. The van der Waals surface area contributed by atoms with Crippen LogP contribution in [0.5, 0.6) is 5.75 Å². The molecule has 0 amide bonds. The zero-order valence-corrected chi connectivity index (χ0v) is 7.13. The van der Waals surface area contributed by atoms with E-state index in [1.165, 1.54) is 0 Å². The molecule has 2 rings (SSSR count). The summed E-state index contributed by atoms with van der Waals surface area (Å²) < 4.78 is 10.5. The third-order valence-corrected chi connectivity index (χ3v) is 1.96. The Hall–Kier alpha value is -1.44. The quantitative estimate of drug-likeness (QED) is 0.643. The van der Waals surface area contributed by atoms with Gasteiger partial charge in [-0.05, 0) is 24.6 Å². The Morgan fingerprint density at radius 2 is 2.17 bits per heavy atom. The van der Waals surface area contributed by atoms with E-state index in [0.717, 1.165) is 22.3 Å². The van der Waals surface area contributed by atoms with Gasteiger partial charge in [-0.15, -0.1) is 0 Å². The van der Waals surface area contributed by atoms with Crippen LogP contribution in [0.2, 0.25) is 0 Å². The van der Waals surface area contributed by atoms with E-state index in [2.05, 4.69) is 0 Å². The summed E-state index contributed by atoms with van der Waals surface area (Å²) in [5.41, 5.74) is 1.99. The van der Waals surface area contributed by atoms with Crippen LogP contribution in [0.15, 0.2) is 28.9 Å². The molecule has 0 radical (unpaired) electrons. The highest BCUT2D eigenvalue weighted by molar-refractivity contribution is 5.87. The summed E-state index contributed by atoms with van der Waals surface area (Å²) in [4.78, 5) is 0. The average Bonchev–Trinajstić information content (AvgIpc) is 2.48. The summed E-state index contributed by atoms with van der Waals surface area (Å²) in [5, 5.41) is 1.07. The van der Waals surface area contributed by atoms with Gasteiger partial charge in [0, 0.05) is 0 Å². The first-order valence-electron chi connectivity index (χ1n) is 3.83. The highest BCUT2D eigenvalue weighted by atomic mass is 16.5. The van der Waals surface area contributed by atoms with Crippen molar-refractivity contribution in [1.82, 2.24) is 0 Å². The largest absolute Gasteiger partial charge is 0.496 e. The van der Waals surface area contributed by atoms with Gasteiger partial charge in [-0.3, -0.25) is 0 Å².